The van der Waals surface area contributed by atoms with Crippen LogP contribution in [-0.2, 0) is 25.0 Å². The van der Waals surface area contributed by atoms with Crippen LogP contribution in [0.15, 0.2) is 41.5 Å². The Morgan fingerprint density at radius 3 is 2.43 bits per heavy atom. The van der Waals surface area contributed by atoms with Gasteiger partial charge in [0.05, 0.1) is 29.4 Å². The lowest BCUT2D eigenvalue weighted by Crippen LogP contribution is -2.45. The molecule has 1 unspecified atom stereocenters. The first kappa shape index (κ1) is 26.4. The van der Waals surface area contributed by atoms with Crippen molar-refractivity contribution in [2.24, 2.45) is 4.99 Å². The van der Waals surface area contributed by atoms with E-state index in [1.807, 2.05) is 30.7 Å². The van der Waals surface area contributed by atoms with Gasteiger partial charge in [-0.05, 0) is 75.9 Å². The van der Waals surface area contributed by atoms with Crippen molar-refractivity contribution in [1.82, 2.24) is 0 Å². The lowest BCUT2D eigenvalue weighted by atomic mass is 9.82. The Morgan fingerprint density at radius 1 is 1.17 bits per heavy atom. The second-order valence-electron chi connectivity index (χ2n) is 9.31. The van der Waals surface area contributed by atoms with Crippen LogP contribution in [0, 0.1) is 11.8 Å². The van der Waals surface area contributed by atoms with Gasteiger partial charge in [-0.3, -0.25) is 4.72 Å². The summed E-state index contributed by atoms with van der Waals surface area (Å²) in [5.74, 6) is 6.89. The highest BCUT2D eigenvalue weighted by molar-refractivity contribution is 7.92. The number of hydrogen-bond donors (Lipinski definition) is 1. The van der Waals surface area contributed by atoms with Crippen molar-refractivity contribution in [2.75, 3.05) is 17.6 Å². The van der Waals surface area contributed by atoms with E-state index in [1.54, 1.807) is 24.3 Å². The zero-order valence-electron chi connectivity index (χ0n) is 21.3. The first-order chi connectivity index (χ1) is 16.5. The van der Waals surface area contributed by atoms with Gasteiger partial charge in [0.15, 0.2) is 6.04 Å². The fourth-order valence-corrected chi connectivity index (χ4v) is 4.54. The van der Waals surface area contributed by atoms with Gasteiger partial charge in [0.1, 0.15) is 11.9 Å². The summed E-state index contributed by atoms with van der Waals surface area (Å²) in [4.78, 5) is 17.8. The fourth-order valence-electron chi connectivity index (χ4n) is 3.97. The Balaban J connectivity index is 2.05. The maximum atomic E-state index is 12.9. The molecule has 2 aromatic rings. The number of anilines is 1. The molecule has 0 saturated heterocycles. The minimum atomic E-state index is -3.34. The number of carbonyl (C=O) groups excluding carboxylic acids is 1. The van der Waals surface area contributed by atoms with Gasteiger partial charge in [0.25, 0.3) is 0 Å². The lowest BCUT2D eigenvalue weighted by Gasteiger charge is -2.19. The summed E-state index contributed by atoms with van der Waals surface area (Å²) >= 11 is 0. The highest BCUT2D eigenvalue weighted by atomic mass is 32.2. The van der Waals surface area contributed by atoms with E-state index in [4.69, 9.17) is 9.73 Å². The summed E-state index contributed by atoms with van der Waals surface area (Å²) in [5.41, 5.74) is 3.73. The number of aromatic nitrogens is 1. The molecule has 2 heterocycles. The molecule has 0 aliphatic carbocycles. The van der Waals surface area contributed by atoms with Crippen molar-refractivity contribution in [3.8, 4) is 11.8 Å². The van der Waals surface area contributed by atoms with Crippen LogP contribution in [0.2, 0.25) is 0 Å². The predicted molar refractivity (Wildman–Crippen MR) is 139 cm³/mol. The number of ether oxygens (including phenoxy) is 1. The minimum absolute atomic E-state index is 0.259. The molecule has 1 aromatic heterocycles. The quantitative estimate of drug-likeness (QED) is 0.333. The number of aliphatic imine (C=N–C) groups is 1. The van der Waals surface area contributed by atoms with Gasteiger partial charge in [-0.25, -0.2) is 17.8 Å². The number of sulfonamides is 1. The third kappa shape index (κ3) is 6.29. The molecule has 0 radical (unpaired) electrons. The molecule has 7 nitrogen and oxygen atoms in total. The summed E-state index contributed by atoms with van der Waals surface area (Å²) in [5, 5.41) is 0. The number of benzene rings is 1. The molecule has 1 aliphatic rings. The van der Waals surface area contributed by atoms with Gasteiger partial charge in [0.2, 0.25) is 10.0 Å². The van der Waals surface area contributed by atoms with Crippen LogP contribution >= 0.6 is 0 Å². The number of nitrogens with zero attached hydrogens (tertiary/aromatic N) is 2. The van der Waals surface area contributed by atoms with Crippen molar-refractivity contribution in [1.29, 1.82) is 0 Å². The fraction of sp³-hybridized carbons (Fsp3) is 0.444. The summed E-state index contributed by atoms with van der Waals surface area (Å²) in [7, 11) is -3.34. The Morgan fingerprint density at radius 2 is 1.83 bits per heavy atom. The van der Waals surface area contributed by atoms with Gasteiger partial charge < -0.3 is 4.74 Å². The van der Waals surface area contributed by atoms with Crippen LogP contribution in [0.3, 0.4) is 0 Å². The van der Waals surface area contributed by atoms with Gasteiger partial charge in [-0.1, -0.05) is 25.2 Å². The molecule has 0 saturated carbocycles. The zero-order chi connectivity index (χ0) is 25.8. The van der Waals surface area contributed by atoms with Gasteiger partial charge in [-0.15, -0.1) is 0 Å². The van der Waals surface area contributed by atoms with Gasteiger partial charge in [0, 0.05) is 11.3 Å². The molecule has 0 fully saturated rings. The highest BCUT2D eigenvalue weighted by Crippen LogP contribution is 2.39. The van der Waals surface area contributed by atoms with Crippen molar-refractivity contribution in [3.05, 3.63) is 53.2 Å². The second kappa shape index (κ2) is 10.6. The van der Waals surface area contributed by atoms with E-state index >= 15 is 0 Å². The van der Waals surface area contributed by atoms with Crippen LogP contribution in [0.1, 0.15) is 76.6 Å². The number of esters is 1. The molecule has 1 N–H and O–H groups in total. The minimum Gasteiger partial charge on any atom is -0.463 e. The van der Waals surface area contributed by atoms with Crippen molar-refractivity contribution >= 4 is 33.2 Å². The average molecular weight is 497 g/mol. The Hall–Kier alpha value is -3.18. The maximum absolute atomic E-state index is 12.9. The van der Waals surface area contributed by atoms with Crippen LogP contribution in [0.4, 0.5) is 11.5 Å². The molecule has 0 amide bonds. The number of unbranched alkanes of at least 4 members (excludes halogenated alkanes) is 1. The number of carbonyl (C=O) groups is 1. The van der Waals surface area contributed by atoms with E-state index in [-0.39, 0.29) is 11.4 Å². The normalized spacial score (nSPS) is 14.9. The number of fused-ring (bicyclic) bond motifs is 1. The van der Waals surface area contributed by atoms with E-state index in [0.717, 1.165) is 47.3 Å². The average Bonchev–Trinajstić information content (AvgIpc) is 3.01. The Bertz CT molecular complexity index is 1300. The largest absolute Gasteiger partial charge is 0.463 e. The van der Waals surface area contributed by atoms with Gasteiger partial charge in [-0.2, -0.15) is 0 Å². The molecule has 0 bridgehead atoms. The molecule has 1 aliphatic heterocycles. The van der Waals surface area contributed by atoms with Crippen molar-refractivity contribution in [3.63, 3.8) is 0 Å². The van der Waals surface area contributed by atoms with E-state index in [1.165, 1.54) is 0 Å². The van der Waals surface area contributed by atoms with E-state index in [9.17, 15) is 13.2 Å². The third-order valence-corrected chi connectivity index (χ3v) is 6.79. The number of nitrogens with one attached hydrogen (secondary N) is 1. The molecule has 1 atom stereocenters. The number of rotatable bonds is 8. The van der Waals surface area contributed by atoms with E-state index in [2.05, 4.69) is 37.3 Å². The second-order valence-corrected chi connectivity index (χ2v) is 11.1. The van der Waals surface area contributed by atoms with Crippen LogP contribution in [0.5, 0.6) is 0 Å². The number of hydrogen-bond acceptors (Lipinski definition) is 5. The third-order valence-electron chi connectivity index (χ3n) is 6.18. The molecule has 35 heavy (non-hydrogen) atoms. The Kier molecular flexibility index (Phi) is 8.01. The molecule has 1 aromatic carbocycles. The number of pyridine rings is 1. The lowest BCUT2D eigenvalue weighted by molar-refractivity contribution is -0.699. The van der Waals surface area contributed by atoms with E-state index < -0.39 is 16.1 Å². The summed E-state index contributed by atoms with van der Waals surface area (Å²) < 4.78 is 32.6. The molecule has 3 rings (SSSR count). The van der Waals surface area contributed by atoms with Crippen molar-refractivity contribution in [2.45, 2.75) is 65.3 Å². The summed E-state index contributed by atoms with van der Waals surface area (Å²) in [6.07, 6.45) is 5.52. The summed E-state index contributed by atoms with van der Waals surface area (Å²) in [6.45, 7) is 10.5. The summed E-state index contributed by atoms with van der Waals surface area (Å²) in [6, 6.07) is 8.45. The SMILES string of the molecule is CCCCC(C(=O)OCC)[n+]1cc(C#Cc2ccc(NS(C)(=O)=O)cc2)cc2c1N=C(C)C2(C)C. The zero-order valence-corrected chi connectivity index (χ0v) is 22.1. The van der Waals surface area contributed by atoms with Crippen LogP contribution in [-0.4, -0.2) is 33.0 Å². The predicted octanol–water partition coefficient (Wildman–Crippen LogP) is 4.42. The van der Waals surface area contributed by atoms with Crippen LogP contribution < -0.4 is 9.29 Å². The smallest absolute Gasteiger partial charge is 0.351 e. The van der Waals surface area contributed by atoms with Gasteiger partial charge >= 0.3 is 11.8 Å². The monoisotopic (exact) mass is 496 g/mol. The molecular formula is C27H34N3O4S+. The van der Waals surface area contributed by atoms with Crippen LogP contribution in [0.25, 0.3) is 0 Å². The molecular weight excluding hydrogens is 462 g/mol. The standard InChI is InChI=1S/C27H34N3O4S/c1-7-9-10-24(26(31)34-8-2)30-18-21(17-23-25(30)28-19(3)27(23,4)5)12-11-20-13-15-22(16-14-20)29-35(6,32)33/h13-18,24,29H,7-10H2,1-6H3/q+1. The first-order valence-electron chi connectivity index (χ1n) is 11.9. The van der Waals surface area contributed by atoms with Crippen molar-refractivity contribution < 1.29 is 22.5 Å². The molecule has 0 spiro atoms. The molecule has 186 valence electrons. The molecule has 8 heteroatoms. The van der Waals surface area contributed by atoms with E-state index in [0.29, 0.717) is 18.7 Å². The topological polar surface area (TPSA) is 88.7 Å². The first-order valence-corrected chi connectivity index (χ1v) is 13.8. The Labute approximate surface area is 208 Å². The highest BCUT2D eigenvalue weighted by Gasteiger charge is 2.43. The maximum Gasteiger partial charge on any atom is 0.351 e.